The normalized spacial score (nSPS) is 16.0. The number of aliphatic hydroxyl groups is 1. The second-order valence-electron chi connectivity index (χ2n) is 4.39. The zero-order valence-corrected chi connectivity index (χ0v) is 10.0. The average molecular weight is 222 g/mol. The van der Waals surface area contributed by atoms with Crippen molar-refractivity contribution in [3.63, 3.8) is 0 Å². The highest BCUT2D eigenvalue weighted by Crippen LogP contribution is 2.39. The van der Waals surface area contributed by atoms with E-state index in [1.807, 2.05) is 6.92 Å². The van der Waals surface area contributed by atoms with Gasteiger partial charge in [-0.1, -0.05) is 6.07 Å². The Hall–Kier alpha value is -1.22. The van der Waals surface area contributed by atoms with Gasteiger partial charge in [-0.05, 0) is 31.9 Å². The standard InChI is InChI=1S/C13H18O3/c1-8-6-11(7-9(2)14)13-12(10(8)3)15-4-5-16-13/h6,9,14H,4-5,7H2,1-3H3. The van der Waals surface area contributed by atoms with E-state index in [0.717, 1.165) is 22.6 Å². The lowest BCUT2D eigenvalue weighted by molar-refractivity contribution is 0.162. The number of aryl methyl sites for hydroxylation is 1. The SMILES string of the molecule is Cc1cc(CC(C)O)c2c(c1C)OCCO2. The van der Waals surface area contributed by atoms with Gasteiger partial charge >= 0.3 is 0 Å². The molecule has 1 aliphatic heterocycles. The molecule has 0 spiro atoms. The fraction of sp³-hybridized carbons (Fsp3) is 0.538. The smallest absolute Gasteiger partial charge is 0.164 e. The van der Waals surface area contributed by atoms with Gasteiger partial charge in [0.2, 0.25) is 0 Å². The van der Waals surface area contributed by atoms with Crippen LogP contribution >= 0.6 is 0 Å². The zero-order chi connectivity index (χ0) is 11.7. The fourth-order valence-electron chi connectivity index (χ4n) is 2.02. The number of hydrogen-bond donors (Lipinski definition) is 1. The molecule has 0 bridgehead atoms. The largest absolute Gasteiger partial charge is 0.486 e. The zero-order valence-electron chi connectivity index (χ0n) is 10.0. The number of aliphatic hydroxyl groups excluding tert-OH is 1. The molecule has 0 aromatic heterocycles. The molecule has 1 aromatic rings. The molecular formula is C13H18O3. The van der Waals surface area contributed by atoms with Crippen molar-refractivity contribution in [2.24, 2.45) is 0 Å². The van der Waals surface area contributed by atoms with E-state index in [0.29, 0.717) is 19.6 Å². The average Bonchev–Trinajstić information content (AvgIpc) is 2.25. The van der Waals surface area contributed by atoms with Gasteiger partial charge in [0.15, 0.2) is 11.5 Å². The predicted octanol–water partition coefficient (Wildman–Crippen LogP) is 2.00. The summed E-state index contributed by atoms with van der Waals surface area (Å²) >= 11 is 0. The second kappa shape index (κ2) is 4.34. The van der Waals surface area contributed by atoms with E-state index in [2.05, 4.69) is 13.0 Å². The van der Waals surface area contributed by atoms with Crippen molar-refractivity contribution >= 4 is 0 Å². The van der Waals surface area contributed by atoms with Crippen LogP contribution in [0.3, 0.4) is 0 Å². The monoisotopic (exact) mass is 222 g/mol. The first-order chi connectivity index (χ1) is 7.59. The molecule has 1 N–H and O–H groups in total. The highest BCUT2D eigenvalue weighted by Gasteiger charge is 2.20. The van der Waals surface area contributed by atoms with Gasteiger partial charge in [-0.15, -0.1) is 0 Å². The molecule has 0 saturated carbocycles. The van der Waals surface area contributed by atoms with E-state index in [1.54, 1.807) is 6.92 Å². The topological polar surface area (TPSA) is 38.7 Å². The van der Waals surface area contributed by atoms with Crippen molar-refractivity contribution in [3.8, 4) is 11.5 Å². The summed E-state index contributed by atoms with van der Waals surface area (Å²) in [6.45, 7) is 7.06. The molecule has 3 heteroatoms. The molecule has 0 saturated heterocycles. The molecule has 0 fully saturated rings. The molecule has 0 amide bonds. The van der Waals surface area contributed by atoms with Crippen molar-refractivity contribution in [3.05, 3.63) is 22.8 Å². The van der Waals surface area contributed by atoms with Gasteiger partial charge in [-0.2, -0.15) is 0 Å². The molecule has 1 atom stereocenters. The minimum Gasteiger partial charge on any atom is -0.486 e. The van der Waals surface area contributed by atoms with Crippen LogP contribution in [0.2, 0.25) is 0 Å². The summed E-state index contributed by atoms with van der Waals surface area (Å²) in [6, 6.07) is 2.08. The van der Waals surface area contributed by atoms with Gasteiger partial charge in [-0.3, -0.25) is 0 Å². The fourth-order valence-corrected chi connectivity index (χ4v) is 2.02. The van der Waals surface area contributed by atoms with Crippen LogP contribution in [-0.4, -0.2) is 24.4 Å². The molecule has 16 heavy (non-hydrogen) atoms. The lowest BCUT2D eigenvalue weighted by atomic mass is 9.99. The Morgan fingerprint density at radius 1 is 1.25 bits per heavy atom. The van der Waals surface area contributed by atoms with Crippen LogP contribution in [0.4, 0.5) is 0 Å². The third-order valence-electron chi connectivity index (χ3n) is 2.91. The molecule has 1 aromatic carbocycles. The van der Waals surface area contributed by atoms with Gasteiger partial charge in [0, 0.05) is 12.0 Å². The summed E-state index contributed by atoms with van der Waals surface area (Å²) in [7, 11) is 0. The van der Waals surface area contributed by atoms with Crippen LogP contribution in [0.5, 0.6) is 11.5 Å². The summed E-state index contributed by atoms with van der Waals surface area (Å²) in [5.41, 5.74) is 3.34. The Morgan fingerprint density at radius 3 is 2.50 bits per heavy atom. The van der Waals surface area contributed by atoms with E-state index in [1.165, 1.54) is 5.56 Å². The Balaban J connectivity index is 2.48. The maximum atomic E-state index is 9.47. The minimum atomic E-state index is -0.364. The van der Waals surface area contributed by atoms with Crippen LogP contribution < -0.4 is 9.47 Å². The Kier molecular flexibility index (Phi) is 3.06. The molecule has 88 valence electrons. The summed E-state index contributed by atoms with van der Waals surface area (Å²) in [6.07, 6.45) is 0.240. The first kappa shape index (κ1) is 11.3. The highest BCUT2D eigenvalue weighted by molar-refractivity contribution is 5.55. The summed E-state index contributed by atoms with van der Waals surface area (Å²) in [4.78, 5) is 0. The Morgan fingerprint density at radius 2 is 1.88 bits per heavy atom. The van der Waals surface area contributed by atoms with Crippen LogP contribution in [0.1, 0.15) is 23.6 Å². The van der Waals surface area contributed by atoms with Crippen molar-refractivity contribution in [1.82, 2.24) is 0 Å². The Labute approximate surface area is 96.0 Å². The lowest BCUT2D eigenvalue weighted by Crippen LogP contribution is -2.19. The minimum absolute atomic E-state index is 0.364. The molecule has 1 aliphatic rings. The highest BCUT2D eigenvalue weighted by atomic mass is 16.6. The molecule has 1 heterocycles. The van der Waals surface area contributed by atoms with Gasteiger partial charge < -0.3 is 14.6 Å². The van der Waals surface area contributed by atoms with Crippen LogP contribution in [0, 0.1) is 13.8 Å². The van der Waals surface area contributed by atoms with Crippen LogP contribution in [-0.2, 0) is 6.42 Å². The first-order valence-electron chi connectivity index (χ1n) is 5.66. The molecule has 3 nitrogen and oxygen atoms in total. The number of benzene rings is 1. The van der Waals surface area contributed by atoms with Crippen molar-refractivity contribution in [2.45, 2.75) is 33.3 Å². The quantitative estimate of drug-likeness (QED) is 0.831. The van der Waals surface area contributed by atoms with E-state index >= 15 is 0 Å². The third kappa shape index (κ3) is 2.00. The Bertz CT molecular complexity index is 397. The van der Waals surface area contributed by atoms with Crippen molar-refractivity contribution in [2.75, 3.05) is 13.2 Å². The van der Waals surface area contributed by atoms with E-state index < -0.39 is 0 Å². The van der Waals surface area contributed by atoms with Crippen LogP contribution in [0.15, 0.2) is 6.07 Å². The second-order valence-corrected chi connectivity index (χ2v) is 4.39. The van der Waals surface area contributed by atoms with Gasteiger partial charge in [0.05, 0.1) is 6.10 Å². The number of ether oxygens (including phenoxy) is 2. The molecular weight excluding hydrogens is 204 g/mol. The molecule has 2 rings (SSSR count). The maximum absolute atomic E-state index is 9.47. The first-order valence-corrected chi connectivity index (χ1v) is 5.66. The van der Waals surface area contributed by atoms with E-state index in [4.69, 9.17) is 9.47 Å². The van der Waals surface area contributed by atoms with Crippen molar-refractivity contribution < 1.29 is 14.6 Å². The summed E-state index contributed by atoms with van der Waals surface area (Å²) < 4.78 is 11.3. The van der Waals surface area contributed by atoms with E-state index in [9.17, 15) is 5.11 Å². The van der Waals surface area contributed by atoms with Crippen LogP contribution in [0.25, 0.3) is 0 Å². The predicted molar refractivity (Wildman–Crippen MR) is 62.3 cm³/mol. The van der Waals surface area contributed by atoms with Gasteiger partial charge in [0.25, 0.3) is 0 Å². The van der Waals surface area contributed by atoms with Crippen molar-refractivity contribution in [1.29, 1.82) is 0 Å². The summed E-state index contributed by atoms with van der Waals surface area (Å²) in [5, 5.41) is 9.47. The number of hydrogen-bond acceptors (Lipinski definition) is 3. The molecule has 0 aliphatic carbocycles. The molecule has 1 unspecified atom stereocenters. The van der Waals surface area contributed by atoms with E-state index in [-0.39, 0.29) is 6.10 Å². The number of fused-ring (bicyclic) bond motifs is 1. The number of rotatable bonds is 2. The van der Waals surface area contributed by atoms with Gasteiger partial charge in [-0.25, -0.2) is 0 Å². The van der Waals surface area contributed by atoms with Gasteiger partial charge in [0.1, 0.15) is 13.2 Å². The lowest BCUT2D eigenvalue weighted by Gasteiger charge is -2.24. The maximum Gasteiger partial charge on any atom is 0.164 e. The molecule has 0 radical (unpaired) electrons. The third-order valence-corrected chi connectivity index (χ3v) is 2.91. The summed E-state index contributed by atoms with van der Waals surface area (Å²) in [5.74, 6) is 1.66.